The second-order valence-electron chi connectivity index (χ2n) is 13.6. The molecule has 1 aliphatic carbocycles. The van der Waals surface area contributed by atoms with Crippen LogP contribution in [0, 0.1) is 23.2 Å². The Hall–Kier alpha value is -3.95. The fourth-order valence-corrected chi connectivity index (χ4v) is 6.95. The van der Waals surface area contributed by atoms with Crippen molar-refractivity contribution in [2.45, 2.75) is 52.9 Å². The van der Waals surface area contributed by atoms with Gasteiger partial charge in [0, 0.05) is 29.3 Å². The van der Waals surface area contributed by atoms with Gasteiger partial charge in [-0.3, -0.25) is 14.1 Å². The van der Waals surface area contributed by atoms with E-state index in [2.05, 4.69) is 37.5 Å². The van der Waals surface area contributed by atoms with E-state index in [1.807, 2.05) is 60.7 Å². The zero-order chi connectivity index (χ0) is 32.9. The maximum Gasteiger partial charge on any atom is 0.266 e. The summed E-state index contributed by atoms with van der Waals surface area (Å²) in [5, 5.41) is 5.69. The predicted octanol–water partition coefficient (Wildman–Crippen LogP) is 6.89. The van der Waals surface area contributed by atoms with Crippen molar-refractivity contribution >= 4 is 39.3 Å². The Labute approximate surface area is 272 Å². The second kappa shape index (κ2) is 14.2. The zero-order valence-electron chi connectivity index (χ0n) is 26.8. The minimum atomic E-state index is -4.15. The van der Waals surface area contributed by atoms with Gasteiger partial charge in [0.15, 0.2) is 0 Å². The van der Waals surface area contributed by atoms with Crippen LogP contribution in [0.1, 0.15) is 73.5 Å². The monoisotopic (exact) mass is 644 g/mol. The number of rotatable bonds is 10. The van der Waals surface area contributed by atoms with E-state index >= 15 is 0 Å². The number of benzene rings is 3. The third kappa shape index (κ3) is 8.85. The molecule has 0 spiro atoms. The standard InChI is InChI=1S/C37H44N2O6S/c1-37(2,3)31-16-12-27(13-17-31)33(22-25-8-10-28(11-9-25)35(40)38-20-21-46(42,43)44)36(41)39-32-18-14-26(15-19-32)30-23-29-6-4-5-7-34(29)45-24-30/h4-11,14-15,18-19,23,27,31,33H,12-13,16-17,20-22,24H2,1-3H3,(H,38,40)(H,39,41)(H,42,43,44)/t27-,31-,33?. The minimum absolute atomic E-state index is 0.00636. The summed E-state index contributed by atoms with van der Waals surface area (Å²) >= 11 is 0. The number of anilines is 1. The Morgan fingerprint density at radius 2 is 1.61 bits per heavy atom. The number of para-hydroxylation sites is 1. The molecule has 0 aromatic heterocycles. The highest BCUT2D eigenvalue weighted by Crippen LogP contribution is 2.43. The van der Waals surface area contributed by atoms with Gasteiger partial charge in [-0.1, -0.05) is 63.2 Å². The van der Waals surface area contributed by atoms with Crippen LogP contribution in [0.3, 0.4) is 0 Å². The van der Waals surface area contributed by atoms with Gasteiger partial charge in [0.25, 0.3) is 16.0 Å². The highest BCUT2D eigenvalue weighted by atomic mass is 32.2. The largest absolute Gasteiger partial charge is 0.488 e. The van der Waals surface area contributed by atoms with Crippen molar-refractivity contribution in [1.29, 1.82) is 0 Å². The first-order chi connectivity index (χ1) is 21.9. The first-order valence-corrected chi connectivity index (χ1v) is 17.6. The molecule has 1 atom stereocenters. The molecule has 5 rings (SSSR count). The van der Waals surface area contributed by atoms with E-state index in [0.717, 1.165) is 59.4 Å². The lowest BCUT2D eigenvalue weighted by Crippen LogP contribution is -2.35. The Bertz CT molecular complexity index is 1670. The second-order valence-corrected chi connectivity index (χ2v) is 15.2. The molecule has 3 N–H and O–H groups in total. The molecule has 1 fully saturated rings. The molecule has 2 amide bonds. The maximum atomic E-state index is 13.9. The van der Waals surface area contributed by atoms with E-state index in [1.165, 1.54) is 0 Å². The molecule has 1 saturated carbocycles. The lowest BCUT2D eigenvalue weighted by Gasteiger charge is -2.39. The molecule has 2 aliphatic rings. The summed E-state index contributed by atoms with van der Waals surface area (Å²) in [4.78, 5) is 26.4. The van der Waals surface area contributed by atoms with Gasteiger partial charge in [0.05, 0.1) is 5.75 Å². The lowest BCUT2D eigenvalue weighted by molar-refractivity contribution is -0.122. The van der Waals surface area contributed by atoms with Gasteiger partial charge < -0.3 is 15.4 Å². The Balaban J connectivity index is 1.27. The van der Waals surface area contributed by atoms with Crippen molar-refractivity contribution in [2.24, 2.45) is 23.2 Å². The smallest absolute Gasteiger partial charge is 0.266 e. The number of carbonyl (C=O) groups is 2. The summed E-state index contributed by atoms with van der Waals surface area (Å²) < 4.78 is 36.7. The summed E-state index contributed by atoms with van der Waals surface area (Å²) in [5.74, 6) is 0.539. The van der Waals surface area contributed by atoms with Crippen LogP contribution in [0.2, 0.25) is 0 Å². The number of ether oxygens (including phenoxy) is 1. The van der Waals surface area contributed by atoms with E-state index < -0.39 is 21.8 Å². The summed E-state index contributed by atoms with van der Waals surface area (Å²) in [6.45, 7) is 7.19. The van der Waals surface area contributed by atoms with Gasteiger partial charge in [0.2, 0.25) is 5.91 Å². The molecule has 1 aliphatic heterocycles. The third-order valence-electron chi connectivity index (χ3n) is 9.37. The van der Waals surface area contributed by atoms with Crippen LogP contribution >= 0.6 is 0 Å². The maximum absolute atomic E-state index is 13.9. The van der Waals surface area contributed by atoms with Crippen LogP contribution in [-0.4, -0.2) is 43.7 Å². The van der Waals surface area contributed by atoms with Gasteiger partial charge in [-0.05, 0) is 102 Å². The normalized spacial score (nSPS) is 18.8. The minimum Gasteiger partial charge on any atom is -0.488 e. The van der Waals surface area contributed by atoms with Crippen LogP contribution in [0.15, 0.2) is 72.8 Å². The molecule has 0 bridgehead atoms. The number of hydrogen-bond donors (Lipinski definition) is 3. The lowest BCUT2D eigenvalue weighted by atomic mass is 9.66. The number of hydrogen-bond acceptors (Lipinski definition) is 5. The topological polar surface area (TPSA) is 122 Å². The zero-order valence-corrected chi connectivity index (χ0v) is 27.6. The fourth-order valence-electron chi connectivity index (χ4n) is 6.59. The van der Waals surface area contributed by atoms with Crippen molar-refractivity contribution < 1.29 is 27.3 Å². The molecule has 0 saturated heterocycles. The molecule has 3 aromatic rings. The number of fused-ring (bicyclic) bond motifs is 1. The molecular weight excluding hydrogens is 600 g/mol. The van der Waals surface area contributed by atoms with E-state index in [9.17, 15) is 18.0 Å². The van der Waals surface area contributed by atoms with E-state index in [4.69, 9.17) is 9.29 Å². The van der Waals surface area contributed by atoms with Gasteiger partial charge in [-0.2, -0.15) is 8.42 Å². The van der Waals surface area contributed by atoms with Crippen molar-refractivity contribution in [3.8, 4) is 5.75 Å². The average Bonchev–Trinajstić information content (AvgIpc) is 3.03. The van der Waals surface area contributed by atoms with Crippen LogP contribution in [-0.2, 0) is 21.3 Å². The van der Waals surface area contributed by atoms with Crippen molar-refractivity contribution in [3.05, 3.63) is 95.1 Å². The van der Waals surface area contributed by atoms with E-state index in [1.54, 1.807) is 12.1 Å². The predicted molar refractivity (Wildman–Crippen MR) is 182 cm³/mol. The molecule has 1 unspecified atom stereocenters. The van der Waals surface area contributed by atoms with E-state index in [0.29, 0.717) is 24.5 Å². The van der Waals surface area contributed by atoms with Gasteiger partial charge in [-0.15, -0.1) is 0 Å². The molecule has 3 aromatic carbocycles. The molecule has 244 valence electrons. The Morgan fingerprint density at radius 1 is 0.935 bits per heavy atom. The van der Waals surface area contributed by atoms with Gasteiger partial charge in [0.1, 0.15) is 12.4 Å². The summed E-state index contributed by atoms with van der Waals surface area (Å²) in [6.07, 6.45) is 6.85. The first-order valence-electron chi connectivity index (χ1n) is 16.0. The Kier molecular flexibility index (Phi) is 10.3. The highest BCUT2D eigenvalue weighted by Gasteiger charge is 2.35. The summed E-state index contributed by atoms with van der Waals surface area (Å²) in [6, 6.07) is 23.0. The molecule has 9 heteroatoms. The summed E-state index contributed by atoms with van der Waals surface area (Å²) in [7, 11) is -4.15. The number of carbonyl (C=O) groups excluding carboxylic acids is 2. The molecular formula is C37H44N2O6S. The van der Waals surface area contributed by atoms with Crippen molar-refractivity contribution in [3.63, 3.8) is 0 Å². The first kappa shape index (κ1) is 33.4. The van der Waals surface area contributed by atoms with E-state index in [-0.39, 0.29) is 29.7 Å². The van der Waals surface area contributed by atoms with Crippen molar-refractivity contribution in [2.75, 3.05) is 24.2 Å². The molecule has 0 radical (unpaired) electrons. The average molecular weight is 645 g/mol. The molecule has 8 nitrogen and oxygen atoms in total. The van der Waals surface area contributed by atoms with Crippen LogP contribution in [0.25, 0.3) is 11.6 Å². The van der Waals surface area contributed by atoms with Crippen LogP contribution in [0.4, 0.5) is 5.69 Å². The quantitative estimate of drug-likeness (QED) is 0.207. The third-order valence-corrected chi connectivity index (χ3v) is 10.1. The van der Waals surface area contributed by atoms with Gasteiger partial charge >= 0.3 is 0 Å². The fraction of sp³-hybridized carbons (Fsp3) is 0.405. The number of nitrogens with one attached hydrogen (secondary N) is 2. The van der Waals surface area contributed by atoms with Crippen LogP contribution in [0.5, 0.6) is 5.75 Å². The number of amides is 2. The molecule has 1 heterocycles. The SMILES string of the molecule is CC(C)(C)[C@H]1CC[C@H](C(Cc2ccc(C(=O)NCCS(=O)(=O)O)cc2)C(=O)Nc2ccc(C3=Cc4ccccc4OC3)cc2)CC1. The van der Waals surface area contributed by atoms with Crippen molar-refractivity contribution in [1.82, 2.24) is 5.32 Å². The summed E-state index contributed by atoms with van der Waals surface area (Å²) in [5.41, 5.74) is 5.50. The Morgan fingerprint density at radius 3 is 2.26 bits per heavy atom. The van der Waals surface area contributed by atoms with Gasteiger partial charge in [-0.25, -0.2) is 0 Å². The molecule has 46 heavy (non-hydrogen) atoms. The van der Waals surface area contributed by atoms with Crippen LogP contribution < -0.4 is 15.4 Å². The highest BCUT2D eigenvalue weighted by molar-refractivity contribution is 7.85.